The number of rotatable bonds is 4. The average molecular weight is 324 g/mol. The Balaban J connectivity index is 1.34. The second-order valence-corrected chi connectivity index (χ2v) is 6.54. The quantitative estimate of drug-likeness (QED) is 0.780. The predicted molar refractivity (Wildman–Crippen MR) is 95.9 cm³/mol. The van der Waals surface area contributed by atoms with E-state index in [1.54, 1.807) is 0 Å². The van der Waals surface area contributed by atoms with E-state index in [0.717, 1.165) is 24.7 Å². The number of hydrogen-bond donors (Lipinski definition) is 1. The van der Waals surface area contributed by atoms with E-state index in [1.165, 1.54) is 22.0 Å². The lowest BCUT2D eigenvalue weighted by atomic mass is 10.1. The first-order valence-electron chi connectivity index (χ1n) is 7.83. The van der Waals surface area contributed by atoms with Crippen LogP contribution in [0.5, 0.6) is 0 Å². The maximum Gasteiger partial charge on any atom is 0.0515 e. The number of fused-ring (bicyclic) bond motifs is 1. The van der Waals surface area contributed by atoms with Gasteiger partial charge in [-0.2, -0.15) is 0 Å². The summed E-state index contributed by atoms with van der Waals surface area (Å²) in [6, 6.07) is 17.1. The summed E-state index contributed by atoms with van der Waals surface area (Å²) in [5.74, 6) is 0. The Morgan fingerprint density at radius 2 is 2.00 bits per heavy atom. The fourth-order valence-corrected chi connectivity index (χ4v) is 3.31. The molecule has 0 aliphatic carbocycles. The molecule has 1 aliphatic rings. The van der Waals surface area contributed by atoms with Crippen molar-refractivity contribution >= 4 is 28.1 Å². The second-order valence-electron chi connectivity index (χ2n) is 6.10. The van der Waals surface area contributed by atoms with Crippen molar-refractivity contribution < 1.29 is 0 Å². The minimum absolute atomic E-state index is 0.508. The third kappa shape index (κ3) is 3.31. The molecule has 3 aromatic rings. The number of pyridine rings is 1. The van der Waals surface area contributed by atoms with Crippen LogP contribution in [0, 0.1) is 0 Å². The first-order valence-corrected chi connectivity index (χ1v) is 8.21. The van der Waals surface area contributed by atoms with Crippen molar-refractivity contribution in [2.45, 2.75) is 12.6 Å². The number of likely N-dealkylation sites (tertiary alicyclic amines) is 1. The van der Waals surface area contributed by atoms with E-state index < -0.39 is 0 Å². The molecule has 1 aromatic heterocycles. The van der Waals surface area contributed by atoms with Gasteiger partial charge in [-0.3, -0.25) is 9.88 Å². The molecule has 0 bridgehead atoms. The number of anilines is 1. The molecular weight excluding hydrogens is 306 g/mol. The van der Waals surface area contributed by atoms with Gasteiger partial charge in [-0.15, -0.1) is 0 Å². The summed E-state index contributed by atoms with van der Waals surface area (Å²) in [6.45, 7) is 3.07. The van der Waals surface area contributed by atoms with Gasteiger partial charge in [0, 0.05) is 48.1 Å². The number of nitrogens with one attached hydrogen (secondary N) is 1. The molecule has 4 heteroatoms. The lowest BCUT2D eigenvalue weighted by Gasteiger charge is -2.40. The van der Waals surface area contributed by atoms with Crippen molar-refractivity contribution in [2.75, 3.05) is 18.4 Å². The molecule has 4 rings (SSSR count). The third-order valence-electron chi connectivity index (χ3n) is 4.26. The van der Waals surface area contributed by atoms with Crippen LogP contribution in [0.4, 0.5) is 5.69 Å². The van der Waals surface area contributed by atoms with Gasteiger partial charge in [0.2, 0.25) is 0 Å². The predicted octanol–water partition coefficient (Wildman–Crippen LogP) is 4.18. The highest BCUT2D eigenvalue weighted by atomic mass is 35.5. The van der Waals surface area contributed by atoms with Crippen LogP contribution in [0.25, 0.3) is 10.8 Å². The molecule has 23 heavy (non-hydrogen) atoms. The molecule has 1 saturated heterocycles. The Hall–Kier alpha value is -2.10. The lowest BCUT2D eigenvalue weighted by molar-refractivity contribution is 0.153. The van der Waals surface area contributed by atoms with E-state index in [1.807, 2.05) is 36.7 Å². The molecule has 1 aliphatic heterocycles. The largest absolute Gasteiger partial charge is 0.380 e. The van der Waals surface area contributed by atoms with Gasteiger partial charge in [0.15, 0.2) is 0 Å². The summed E-state index contributed by atoms with van der Waals surface area (Å²) in [4.78, 5) is 6.58. The van der Waals surface area contributed by atoms with Gasteiger partial charge in [0.1, 0.15) is 0 Å². The molecule has 2 aromatic carbocycles. The Kier molecular flexibility index (Phi) is 3.90. The van der Waals surface area contributed by atoms with Crippen LogP contribution in [-0.4, -0.2) is 29.0 Å². The average Bonchev–Trinajstić information content (AvgIpc) is 2.53. The van der Waals surface area contributed by atoms with E-state index in [0.29, 0.717) is 6.04 Å². The molecule has 0 radical (unpaired) electrons. The number of aromatic nitrogens is 1. The number of hydrogen-bond acceptors (Lipinski definition) is 3. The highest BCUT2D eigenvalue weighted by Gasteiger charge is 2.26. The molecule has 1 N–H and O–H groups in total. The zero-order valence-corrected chi connectivity index (χ0v) is 13.5. The zero-order chi connectivity index (χ0) is 15.6. The van der Waals surface area contributed by atoms with Gasteiger partial charge in [-0.1, -0.05) is 29.8 Å². The summed E-state index contributed by atoms with van der Waals surface area (Å²) >= 11 is 6.04. The second kappa shape index (κ2) is 6.19. The molecule has 0 spiro atoms. The maximum absolute atomic E-state index is 6.04. The van der Waals surface area contributed by atoms with Crippen molar-refractivity contribution in [3.63, 3.8) is 0 Å². The molecule has 116 valence electrons. The molecule has 3 nitrogen and oxygen atoms in total. The molecule has 2 heterocycles. The van der Waals surface area contributed by atoms with Gasteiger partial charge in [-0.25, -0.2) is 0 Å². The van der Waals surface area contributed by atoms with Gasteiger partial charge < -0.3 is 5.32 Å². The Morgan fingerprint density at radius 1 is 1.09 bits per heavy atom. The Labute approximate surface area is 140 Å². The van der Waals surface area contributed by atoms with Crippen LogP contribution in [-0.2, 0) is 6.54 Å². The standard InChI is InChI=1S/C19H18ClN3/c20-17-3-1-2-14(8-17)11-23-12-19(13-23)22-18-5-4-16-10-21-7-6-15(16)9-18/h1-10,19,22H,11-13H2. The first kappa shape index (κ1) is 14.5. The fourth-order valence-electron chi connectivity index (χ4n) is 3.09. The number of nitrogens with zero attached hydrogens (tertiary/aromatic N) is 2. The molecule has 1 fully saturated rings. The van der Waals surface area contributed by atoms with Crippen molar-refractivity contribution in [1.82, 2.24) is 9.88 Å². The summed E-state index contributed by atoms with van der Waals surface area (Å²) in [7, 11) is 0. The molecule has 0 amide bonds. The van der Waals surface area contributed by atoms with Gasteiger partial charge in [0.25, 0.3) is 0 Å². The normalized spacial score (nSPS) is 15.5. The van der Waals surface area contributed by atoms with Crippen molar-refractivity contribution in [2.24, 2.45) is 0 Å². The lowest BCUT2D eigenvalue weighted by Crippen LogP contribution is -2.53. The summed E-state index contributed by atoms with van der Waals surface area (Å²) in [5, 5.41) is 6.82. The van der Waals surface area contributed by atoms with E-state index in [-0.39, 0.29) is 0 Å². The topological polar surface area (TPSA) is 28.2 Å². The minimum Gasteiger partial charge on any atom is -0.380 e. The highest BCUT2D eigenvalue weighted by molar-refractivity contribution is 6.30. The van der Waals surface area contributed by atoms with E-state index in [2.05, 4.69) is 39.5 Å². The summed E-state index contributed by atoms with van der Waals surface area (Å²) < 4.78 is 0. The fraction of sp³-hybridized carbons (Fsp3) is 0.211. The van der Waals surface area contributed by atoms with Gasteiger partial charge >= 0.3 is 0 Å². The SMILES string of the molecule is Clc1cccc(CN2CC(Nc3ccc4cnccc4c3)C2)c1. The van der Waals surface area contributed by atoms with Crippen molar-refractivity contribution in [3.05, 3.63) is 71.5 Å². The van der Waals surface area contributed by atoms with Crippen LogP contribution in [0.3, 0.4) is 0 Å². The van der Waals surface area contributed by atoms with Crippen molar-refractivity contribution in [1.29, 1.82) is 0 Å². The van der Waals surface area contributed by atoms with Crippen LogP contribution in [0.1, 0.15) is 5.56 Å². The molecular formula is C19H18ClN3. The summed E-state index contributed by atoms with van der Waals surface area (Å²) in [6.07, 6.45) is 3.73. The number of benzene rings is 2. The molecule has 0 atom stereocenters. The Morgan fingerprint density at radius 3 is 2.87 bits per heavy atom. The monoisotopic (exact) mass is 323 g/mol. The third-order valence-corrected chi connectivity index (χ3v) is 4.50. The van der Waals surface area contributed by atoms with Crippen LogP contribution in [0.2, 0.25) is 5.02 Å². The highest BCUT2D eigenvalue weighted by Crippen LogP contribution is 2.22. The van der Waals surface area contributed by atoms with Crippen LogP contribution in [0.15, 0.2) is 60.9 Å². The van der Waals surface area contributed by atoms with Crippen LogP contribution < -0.4 is 5.32 Å². The van der Waals surface area contributed by atoms with Gasteiger partial charge in [0.05, 0.1) is 6.04 Å². The van der Waals surface area contributed by atoms with Crippen LogP contribution >= 0.6 is 11.6 Å². The van der Waals surface area contributed by atoms with E-state index >= 15 is 0 Å². The maximum atomic E-state index is 6.04. The molecule has 0 saturated carbocycles. The molecule has 0 unspecified atom stereocenters. The van der Waals surface area contributed by atoms with E-state index in [4.69, 9.17) is 11.6 Å². The summed E-state index contributed by atoms with van der Waals surface area (Å²) in [5.41, 5.74) is 2.45. The Bertz CT molecular complexity index is 827. The van der Waals surface area contributed by atoms with E-state index in [9.17, 15) is 0 Å². The minimum atomic E-state index is 0.508. The number of halogens is 1. The first-order chi connectivity index (χ1) is 11.3. The van der Waals surface area contributed by atoms with Crippen molar-refractivity contribution in [3.8, 4) is 0 Å². The zero-order valence-electron chi connectivity index (χ0n) is 12.7. The smallest absolute Gasteiger partial charge is 0.0515 e. The van der Waals surface area contributed by atoms with Gasteiger partial charge in [-0.05, 0) is 41.3 Å².